The van der Waals surface area contributed by atoms with Gasteiger partial charge in [0.25, 0.3) is 0 Å². The summed E-state index contributed by atoms with van der Waals surface area (Å²) >= 11 is 0. The number of nitrogens with one attached hydrogen (secondary N) is 1. The highest BCUT2D eigenvalue weighted by molar-refractivity contribution is 5.19. The third-order valence-electron chi connectivity index (χ3n) is 5.38. The van der Waals surface area contributed by atoms with E-state index < -0.39 is 0 Å². The molecule has 1 atom stereocenters. The van der Waals surface area contributed by atoms with Gasteiger partial charge in [0.2, 0.25) is 0 Å². The zero-order chi connectivity index (χ0) is 14.4. The maximum atomic E-state index is 3.37. The number of nitrogens with zero attached hydrogens (tertiary/aromatic N) is 1. The van der Waals surface area contributed by atoms with Crippen molar-refractivity contribution in [1.29, 1.82) is 0 Å². The Labute approximate surface area is 124 Å². The molecule has 2 rings (SSSR count). The fourth-order valence-electron chi connectivity index (χ4n) is 3.59. The Morgan fingerprint density at radius 2 is 1.70 bits per heavy atom. The molecule has 112 valence electrons. The fourth-order valence-corrected chi connectivity index (χ4v) is 3.59. The zero-order valence-corrected chi connectivity index (χ0v) is 13.4. The van der Waals surface area contributed by atoms with Crippen LogP contribution in [-0.2, 0) is 0 Å². The first kappa shape index (κ1) is 15.5. The molecule has 1 fully saturated rings. The van der Waals surface area contributed by atoms with Crippen molar-refractivity contribution >= 4 is 0 Å². The minimum absolute atomic E-state index is 0.521. The van der Waals surface area contributed by atoms with Crippen molar-refractivity contribution in [3.63, 3.8) is 0 Å². The molecule has 1 unspecified atom stereocenters. The second-order valence-electron chi connectivity index (χ2n) is 6.23. The average molecular weight is 274 g/mol. The van der Waals surface area contributed by atoms with E-state index in [0.717, 1.165) is 6.54 Å². The van der Waals surface area contributed by atoms with E-state index in [1.165, 1.54) is 44.3 Å². The first-order valence-electron chi connectivity index (χ1n) is 8.18. The van der Waals surface area contributed by atoms with Crippen LogP contribution in [0.2, 0.25) is 0 Å². The lowest BCUT2D eigenvalue weighted by Crippen LogP contribution is -2.44. The van der Waals surface area contributed by atoms with Crippen molar-refractivity contribution in [3.8, 4) is 0 Å². The maximum absolute atomic E-state index is 3.37. The topological polar surface area (TPSA) is 15.3 Å². The van der Waals surface area contributed by atoms with E-state index in [9.17, 15) is 0 Å². The summed E-state index contributed by atoms with van der Waals surface area (Å²) in [6.07, 6.45) is 5.37. The third-order valence-corrected chi connectivity index (χ3v) is 5.38. The molecule has 0 radical (unpaired) electrons. The van der Waals surface area contributed by atoms with E-state index in [0.29, 0.717) is 11.5 Å². The second kappa shape index (κ2) is 7.24. The number of rotatable bonds is 6. The lowest BCUT2D eigenvalue weighted by molar-refractivity contribution is 0.0659. The van der Waals surface area contributed by atoms with E-state index in [4.69, 9.17) is 0 Å². The number of piperidine rings is 1. The molecule has 1 aromatic rings. The summed E-state index contributed by atoms with van der Waals surface area (Å²) in [6.45, 7) is 8.24. The van der Waals surface area contributed by atoms with Gasteiger partial charge in [0.1, 0.15) is 0 Å². The van der Waals surface area contributed by atoms with Gasteiger partial charge in [-0.1, -0.05) is 57.0 Å². The van der Waals surface area contributed by atoms with Crippen LogP contribution in [0.4, 0.5) is 0 Å². The predicted octanol–water partition coefficient (Wildman–Crippen LogP) is 3.85. The van der Waals surface area contributed by atoms with Gasteiger partial charge in [-0.3, -0.25) is 4.90 Å². The molecule has 1 N–H and O–H groups in total. The van der Waals surface area contributed by atoms with Gasteiger partial charge in [0, 0.05) is 12.6 Å². The van der Waals surface area contributed by atoms with Crippen molar-refractivity contribution in [3.05, 3.63) is 35.9 Å². The monoisotopic (exact) mass is 274 g/mol. The molecule has 2 nitrogen and oxygen atoms in total. The number of hydrogen-bond acceptors (Lipinski definition) is 2. The van der Waals surface area contributed by atoms with Crippen LogP contribution < -0.4 is 5.32 Å². The number of likely N-dealkylation sites (N-methyl/N-ethyl adjacent to an activating group) is 1. The molecular formula is C18H30N2. The Kier molecular flexibility index (Phi) is 5.62. The molecule has 0 amide bonds. The highest BCUT2D eigenvalue weighted by Crippen LogP contribution is 2.39. The minimum Gasteiger partial charge on any atom is -0.318 e. The summed E-state index contributed by atoms with van der Waals surface area (Å²) < 4.78 is 0. The van der Waals surface area contributed by atoms with Gasteiger partial charge in [-0.2, -0.15) is 0 Å². The normalized spacial score (nSPS) is 20.8. The SMILES string of the molecule is CCC1(CC)CCN(C(CNC)c2ccccc2)CC1. The van der Waals surface area contributed by atoms with Crippen LogP contribution in [0.1, 0.15) is 51.1 Å². The molecule has 0 aromatic heterocycles. The summed E-state index contributed by atoms with van der Waals surface area (Å²) in [6, 6.07) is 11.5. The zero-order valence-electron chi connectivity index (χ0n) is 13.4. The highest BCUT2D eigenvalue weighted by Gasteiger charge is 2.33. The first-order valence-corrected chi connectivity index (χ1v) is 8.18. The lowest BCUT2D eigenvalue weighted by Gasteiger charge is -2.44. The smallest absolute Gasteiger partial charge is 0.0472 e. The van der Waals surface area contributed by atoms with Crippen molar-refractivity contribution in [2.75, 3.05) is 26.7 Å². The minimum atomic E-state index is 0.521. The Bertz CT molecular complexity index is 374. The van der Waals surface area contributed by atoms with Gasteiger partial charge in [-0.05, 0) is 44.0 Å². The van der Waals surface area contributed by atoms with Gasteiger partial charge in [-0.15, -0.1) is 0 Å². The Morgan fingerprint density at radius 1 is 1.10 bits per heavy atom. The molecule has 1 aromatic carbocycles. The van der Waals surface area contributed by atoms with Gasteiger partial charge in [0.15, 0.2) is 0 Å². The van der Waals surface area contributed by atoms with Crippen LogP contribution in [0, 0.1) is 5.41 Å². The summed E-state index contributed by atoms with van der Waals surface area (Å²) in [5, 5.41) is 3.37. The van der Waals surface area contributed by atoms with E-state index >= 15 is 0 Å². The van der Waals surface area contributed by atoms with Crippen LogP contribution in [0.25, 0.3) is 0 Å². The molecule has 0 aliphatic carbocycles. The molecule has 0 spiro atoms. The quantitative estimate of drug-likeness (QED) is 0.847. The van der Waals surface area contributed by atoms with E-state index in [-0.39, 0.29) is 0 Å². The molecular weight excluding hydrogens is 244 g/mol. The van der Waals surface area contributed by atoms with Gasteiger partial charge >= 0.3 is 0 Å². The molecule has 1 saturated heterocycles. The number of benzene rings is 1. The third kappa shape index (κ3) is 3.42. The summed E-state index contributed by atoms with van der Waals surface area (Å²) in [5.41, 5.74) is 2.06. The predicted molar refractivity (Wildman–Crippen MR) is 86.9 cm³/mol. The number of hydrogen-bond donors (Lipinski definition) is 1. The summed E-state index contributed by atoms with van der Waals surface area (Å²) in [4.78, 5) is 2.68. The van der Waals surface area contributed by atoms with Crippen LogP contribution in [0.5, 0.6) is 0 Å². The summed E-state index contributed by atoms with van der Waals surface area (Å²) in [5.74, 6) is 0. The van der Waals surface area contributed by atoms with Crippen molar-refractivity contribution < 1.29 is 0 Å². The number of likely N-dealkylation sites (tertiary alicyclic amines) is 1. The second-order valence-corrected chi connectivity index (χ2v) is 6.23. The molecule has 1 aliphatic heterocycles. The van der Waals surface area contributed by atoms with Crippen LogP contribution in [0.3, 0.4) is 0 Å². The molecule has 2 heteroatoms. The summed E-state index contributed by atoms with van der Waals surface area (Å²) in [7, 11) is 2.06. The largest absolute Gasteiger partial charge is 0.318 e. The molecule has 20 heavy (non-hydrogen) atoms. The maximum Gasteiger partial charge on any atom is 0.0472 e. The van der Waals surface area contributed by atoms with Gasteiger partial charge in [0.05, 0.1) is 0 Å². The van der Waals surface area contributed by atoms with Crippen molar-refractivity contribution in [2.45, 2.75) is 45.6 Å². The van der Waals surface area contributed by atoms with Gasteiger partial charge in [-0.25, -0.2) is 0 Å². The molecule has 1 aliphatic rings. The van der Waals surface area contributed by atoms with Crippen LogP contribution >= 0.6 is 0 Å². The van der Waals surface area contributed by atoms with Crippen molar-refractivity contribution in [1.82, 2.24) is 10.2 Å². The molecule has 1 heterocycles. The van der Waals surface area contributed by atoms with Crippen LogP contribution in [0.15, 0.2) is 30.3 Å². The Balaban J connectivity index is 2.06. The van der Waals surface area contributed by atoms with Gasteiger partial charge < -0.3 is 5.32 Å². The van der Waals surface area contributed by atoms with E-state index in [1.807, 2.05) is 0 Å². The first-order chi connectivity index (χ1) is 9.74. The Morgan fingerprint density at radius 3 is 2.20 bits per heavy atom. The van der Waals surface area contributed by atoms with Crippen LogP contribution in [-0.4, -0.2) is 31.6 Å². The molecule has 0 bridgehead atoms. The Hall–Kier alpha value is -0.860. The van der Waals surface area contributed by atoms with E-state index in [1.54, 1.807) is 0 Å². The lowest BCUT2D eigenvalue weighted by atomic mass is 9.74. The standard InChI is InChI=1S/C18H30N2/c1-4-18(5-2)11-13-20(14-12-18)17(15-19-3)16-9-7-6-8-10-16/h6-10,17,19H,4-5,11-15H2,1-3H3. The average Bonchev–Trinajstić information content (AvgIpc) is 2.54. The highest BCUT2D eigenvalue weighted by atomic mass is 15.2. The van der Waals surface area contributed by atoms with Crippen molar-refractivity contribution in [2.24, 2.45) is 5.41 Å². The fraction of sp³-hybridized carbons (Fsp3) is 0.667. The molecule has 0 saturated carbocycles. The van der Waals surface area contributed by atoms with E-state index in [2.05, 4.69) is 61.4 Å².